The van der Waals surface area contributed by atoms with Gasteiger partial charge in [-0.05, 0) is 0 Å². The second kappa shape index (κ2) is 34.1. The first-order valence-electron chi connectivity index (χ1n) is 38.1. The molecule has 25 N–H and O–H groups in total. The molecule has 0 spiro atoms. The first-order chi connectivity index (χ1) is 61.2. The normalized spacial score (nSPS) is 28.6. The fourth-order valence-corrected chi connectivity index (χ4v) is 20.3. The zero-order chi connectivity index (χ0) is 91.0. The highest BCUT2D eigenvalue weighted by atomic mass is 31.2. The molecule has 129 heavy (non-hydrogen) atoms. The number of nitrogens with zero attached hydrogens (tertiary/aromatic N) is 18. The van der Waals surface area contributed by atoms with Crippen LogP contribution in [0.15, 0.2) is 66.7 Å². The van der Waals surface area contributed by atoms with E-state index < -0.39 is 260 Å². The molecular weight excluding hydrogens is 1840 g/mol. The molecule has 0 aliphatic carbocycles. The van der Waals surface area contributed by atoms with Gasteiger partial charge in [-0.1, -0.05) is 0 Å². The molecule has 6 aliphatic heterocycles. The van der Waals surface area contributed by atoms with E-state index in [1.165, 1.54) is 30.9 Å². The SMILES string of the molecule is Nc1nc2c(ncn2[C@H]2C[C@H](OP(=O)(O)OC[C@H]3O[C@@H](n4cnc5c(=O)[nH]c(N)nc54)C[C@@H]3OP(=O)(O)OC[C@H]3O[C@@H](n4cnc5c(=O)[nH]c(N)nc54)C[C@@H]3OP(=O)(O)OC[C@H]3O[C@@H](n4cnc5c(=O)[nH]c(N)nc54)C[C@@H]3OP(=O)(O)OC[C@H]3O[C@@H](n4cnc5c(=O)[nH]c(N)nc54)C[C@@H]3OP(=O)(O)OC[C@H]3O[C@@H](n4cnc5c(=O)[nH]c(N)nc54)C[C@@H]3O)[C@@H](CO)O2)c(=O)[nH]1. The summed E-state index contributed by atoms with van der Waals surface area (Å²) in [5, 5.41) is 21.4. The molecule has 692 valence electrons. The van der Waals surface area contributed by atoms with E-state index in [2.05, 4.69) is 89.7 Å². The van der Waals surface area contributed by atoms with Crippen molar-refractivity contribution in [1.29, 1.82) is 0 Å². The monoisotopic (exact) mass is 1910 g/mol. The second-order valence-electron chi connectivity index (χ2n) is 29.6. The number of ether oxygens (including phenoxy) is 6. The predicted octanol–water partition coefficient (Wildman–Crippen LogP) is -4.13. The van der Waals surface area contributed by atoms with Gasteiger partial charge in [0.1, 0.15) is 105 Å². The zero-order valence-corrected chi connectivity index (χ0v) is 69.7. The molecule has 6 saturated heterocycles. The number of phosphoric ester groups is 5. The fourth-order valence-electron chi connectivity index (χ4n) is 15.5. The van der Waals surface area contributed by atoms with E-state index in [-0.39, 0.29) is 104 Å². The minimum atomic E-state index is -5.70. The van der Waals surface area contributed by atoms with Gasteiger partial charge in [0.05, 0.1) is 83.7 Å². The standard InChI is InChI=1S/C60H73N30O34P5/c61-55-73-43-37(49(93)79-55)67-13-85(43)31-1-19(92)26(115-31)8-109-125(99,100)121-21-3-33(87-15-69-39-45(87)75-57(63)81-51(39)95)117-28(21)10-111-127(103,104)123-23-5-35(89-17-71-41-47(89)77-59(65)83-53(41)97)119-30(23)12-113-129(107,108)124-24-6-36(90-18-72-42-48(90)78-60(66)84-54(42)98)118-29(24)11-112-128(105,106)122-22-4-34(88-16-70-40-46(88)76-58(64)82-52(40)96)116-27(22)9-110-126(101,102)120-20-2-32(114-25(20)7-91)86-14-68-38-44(86)74-56(62)80-50(38)94/h13-36,91-92H,1-12H2,(H,99,100)(H,101,102)(H,103,104)(H,105,106)(H,107,108)(H3,61,73,79,93)(H3,62,74,80,94)(H3,63,75,81,95)(H3,64,76,82,96)(H3,65,77,83,97)(H3,66,78,84,98)/t19-,20-,21-,22-,23-,24-,25+,26+,27+,28+,29+,30+,31+,32+,33+,34+,35+,36+/m0/s1. The van der Waals surface area contributed by atoms with Crippen molar-refractivity contribution in [2.24, 2.45) is 0 Å². The van der Waals surface area contributed by atoms with Crippen LogP contribution in [0.1, 0.15) is 75.9 Å². The maximum absolute atomic E-state index is 14.7. The van der Waals surface area contributed by atoms with Crippen molar-refractivity contribution in [2.45, 2.75) is 149 Å². The van der Waals surface area contributed by atoms with Crippen molar-refractivity contribution >= 4 is 142 Å². The second-order valence-corrected chi connectivity index (χ2v) is 36.7. The van der Waals surface area contributed by atoms with Crippen LogP contribution in [0.5, 0.6) is 0 Å². The van der Waals surface area contributed by atoms with Gasteiger partial charge in [-0.25, -0.2) is 52.7 Å². The largest absolute Gasteiger partial charge is 0.472 e. The number of aliphatic hydroxyl groups excluding tert-OH is 2. The number of hydrogen-bond acceptors (Lipinski definition) is 47. The van der Waals surface area contributed by atoms with Gasteiger partial charge >= 0.3 is 39.1 Å². The van der Waals surface area contributed by atoms with Crippen molar-refractivity contribution in [3.63, 3.8) is 0 Å². The molecule has 0 saturated carbocycles. The zero-order valence-electron chi connectivity index (χ0n) is 65.2. The molecule has 12 aromatic rings. The minimum absolute atomic E-state index is 0.0127. The van der Waals surface area contributed by atoms with Gasteiger partial charge in [-0.3, -0.25) is 131 Å². The third-order valence-corrected chi connectivity index (χ3v) is 26.3. The molecule has 69 heteroatoms. The topological polar surface area (TPSA) is 912 Å². The van der Waals surface area contributed by atoms with Crippen LogP contribution in [0.4, 0.5) is 35.7 Å². The van der Waals surface area contributed by atoms with Crippen LogP contribution in [-0.4, -0.2) is 265 Å². The van der Waals surface area contributed by atoms with Crippen molar-refractivity contribution in [1.82, 2.24) is 117 Å². The minimum Gasteiger partial charge on any atom is -0.394 e. The average Bonchev–Trinajstić information content (AvgIpc) is 1.68. The molecule has 0 bridgehead atoms. The summed E-state index contributed by atoms with van der Waals surface area (Å²) < 4.78 is 171. The molecule has 23 atom stereocenters. The van der Waals surface area contributed by atoms with E-state index in [1.807, 2.05) is 0 Å². The summed E-state index contributed by atoms with van der Waals surface area (Å²) in [6.07, 6.45) is -23.2. The molecule has 0 aromatic carbocycles. The van der Waals surface area contributed by atoms with Crippen LogP contribution in [0.2, 0.25) is 0 Å². The number of nitrogens with one attached hydrogen (secondary N) is 6. The van der Waals surface area contributed by atoms with Crippen LogP contribution < -0.4 is 67.8 Å². The van der Waals surface area contributed by atoms with Crippen LogP contribution in [-0.2, 0) is 96.5 Å². The maximum Gasteiger partial charge on any atom is 0.472 e. The Morgan fingerprint density at radius 1 is 0.310 bits per heavy atom. The van der Waals surface area contributed by atoms with Gasteiger partial charge in [0.15, 0.2) is 67.0 Å². The first kappa shape index (κ1) is 88.8. The van der Waals surface area contributed by atoms with E-state index >= 15 is 0 Å². The van der Waals surface area contributed by atoms with Crippen molar-refractivity contribution in [3.05, 3.63) is 100 Å². The van der Waals surface area contributed by atoms with Gasteiger partial charge in [0.2, 0.25) is 35.7 Å². The summed E-state index contributed by atoms with van der Waals surface area (Å²) in [6.45, 7) is -6.00. The Morgan fingerprint density at radius 3 is 0.698 bits per heavy atom. The number of nitrogens with two attached hydrogens (primary N) is 6. The molecule has 0 radical (unpaired) electrons. The summed E-state index contributed by atoms with van der Waals surface area (Å²) in [5.74, 6) is -2.09. The Labute approximate surface area is 710 Å². The molecule has 6 aliphatic rings. The molecule has 12 aromatic heterocycles. The highest BCUT2D eigenvalue weighted by Gasteiger charge is 2.52. The van der Waals surface area contributed by atoms with Crippen molar-refractivity contribution < 1.29 is 131 Å². The number of fused-ring (bicyclic) bond motifs is 6. The smallest absolute Gasteiger partial charge is 0.394 e. The summed E-state index contributed by atoms with van der Waals surface area (Å²) in [6, 6.07) is 0. The molecule has 0 amide bonds. The van der Waals surface area contributed by atoms with Gasteiger partial charge < -0.3 is 97.5 Å². The summed E-state index contributed by atoms with van der Waals surface area (Å²) in [7, 11) is -27.7. The Kier molecular flexibility index (Phi) is 23.5. The highest BCUT2D eigenvalue weighted by molar-refractivity contribution is 7.48. The third kappa shape index (κ3) is 18.2. The quantitative estimate of drug-likeness (QED) is 0.0178. The lowest BCUT2D eigenvalue weighted by molar-refractivity contribution is -0.0639. The Balaban J connectivity index is 0.573. The number of anilines is 6. The number of rotatable bonds is 32. The lowest BCUT2D eigenvalue weighted by atomic mass is 10.2. The Hall–Kier alpha value is -10.9. The summed E-state index contributed by atoms with van der Waals surface area (Å²) >= 11 is 0. The fraction of sp³-hybridized carbons (Fsp3) is 0.500. The van der Waals surface area contributed by atoms with E-state index in [1.54, 1.807) is 0 Å². The molecular formula is C60H73N30O34P5. The summed E-state index contributed by atoms with van der Waals surface area (Å²) in [4.78, 5) is 198. The Morgan fingerprint density at radius 2 is 0.488 bits per heavy atom. The van der Waals surface area contributed by atoms with E-state index in [9.17, 15) is 86.3 Å². The number of aromatic nitrogens is 24. The van der Waals surface area contributed by atoms with Gasteiger partial charge in [-0.15, -0.1) is 0 Å². The van der Waals surface area contributed by atoms with Crippen LogP contribution >= 0.6 is 39.1 Å². The molecule has 18 rings (SSSR count). The number of hydrogen-bond donors (Lipinski definition) is 19. The summed E-state index contributed by atoms with van der Waals surface area (Å²) in [5.41, 5.74) is 28.4. The molecule has 64 nitrogen and oxygen atoms in total. The van der Waals surface area contributed by atoms with Gasteiger partial charge in [0, 0.05) is 38.5 Å². The third-order valence-electron chi connectivity index (χ3n) is 21.2. The lowest BCUT2D eigenvalue weighted by Crippen LogP contribution is -2.32. The molecule has 18 heterocycles. The number of H-pyrrole nitrogens is 6. The highest BCUT2D eigenvalue weighted by Crippen LogP contribution is 2.57. The van der Waals surface area contributed by atoms with Crippen molar-refractivity contribution in [3.8, 4) is 0 Å². The lowest BCUT2D eigenvalue weighted by Gasteiger charge is -2.26. The molecule has 5 unspecified atom stereocenters. The average molecular weight is 1910 g/mol. The molecule has 6 fully saturated rings. The number of aliphatic hydroxyl groups is 2. The number of phosphoric acid groups is 5. The predicted molar refractivity (Wildman–Crippen MR) is 423 cm³/mol. The van der Waals surface area contributed by atoms with Crippen LogP contribution in [0.25, 0.3) is 67.0 Å². The van der Waals surface area contributed by atoms with Gasteiger partial charge in [0.25, 0.3) is 33.4 Å². The first-order valence-corrected chi connectivity index (χ1v) is 45.6. The van der Waals surface area contributed by atoms with E-state index in [0.717, 1.165) is 34.4 Å². The maximum atomic E-state index is 14.7. The number of nitrogen functional groups attached to an aromatic ring is 6. The van der Waals surface area contributed by atoms with Crippen LogP contribution in [0.3, 0.4) is 0 Å². The van der Waals surface area contributed by atoms with E-state index in [4.69, 9.17) is 108 Å². The van der Waals surface area contributed by atoms with Crippen molar-refractivity contribution in [2.75, 3.05) is 74.0 Å². The Bertz CT molecular complexity index is 7010. The number of imidazole rings is 6. The van der Waals surface area contributed by atoms with Gasteiger partial charge in [-0.2, -0.15) is 29.9 Å². The number of aromatic amines is 6. The van der Waals surface area contributed by atoms with Crippen LogP contribution in [0, 0.1) is 0 Å². The van der Waals surface area contributed by atoms with E-state index in [0.29, 0.717) is 0 Å².